The molecule has 2 rings (SSSR count). The molecule has 0 unspecified atom stereocenters. The maximum Gasteiger partial charge on any atom is 0.151 e. The molecule has 2 nitrogen and oxygen atoms in total. The molecule has 0 aliphatic carbocycles. The van der Waals surface area contributed by atoms with Gasteiger partial charge in [0, 0.05) is 23.5 Å². The van der Waals surface area contributed by atoms with Gasteiger partial charge in [-0.05, 0) is 48.7 Å². The summed E-state index contributed by atoms with van der Waals surface area (Å²) in [5.74, 6) is 0. The Morgan fingerprint density at radius 2 is 2.06 bits per heavy atom. The number of aromatic nitrogens is 1. The first-order valence-electron chi connectivity index (χ1n) is 5.27. The van der Waals surface area contributed by atoms with Gasteiger partial charge in [-0.1, -0.05) is 0 Å². The number of hydrogen-bond acceptors (Lipinski definition) is 2. The van der Waals surface area contributed by atoms with E-state index in [9.17, 15) is 4.79 Å². The quantitative estimate of drug-likeness (QED) is 0.745. The van der Waals surface area contributed by atoms with E-state index in [1.807, 2.05) is 19.9 Å². The van der Waals surface area contributed by atoms with Crippen molar-refractivity contribution in [3.8, 4) is 0 Å². The Morgan fingerprint density at radius 1 is 1.31 bits per heavy atom. The molecule has 0 saturated carbocycles. The molecule has 2 heterocycles. The zero-order chi connectivity index (χ0) is 11.7. The number of thiophene rings is 1. The average Bonchev–Trinajstić information content (AvgIpc) is 2.77. The van der Waals surface area contributed by atoms with Crippen LogP contribution in [-0.2, 0) is 6.54 Å². The highest BCUT2D eigenvalue weighted by Crippen LogP contribution is 2.19. The van der Waals surface area contributed by atoms with Gasteiger partial charge in [-0.15, -0.1) is 0 Å². The van der Waals surface area contributed by atoms with Crippen molar-refractivity contribution in [2.45, 2.75) is 27.3 Å². The average molecular weight is 233 g/mol. The highest BCUT2D eigenvalue weighted by molar-refractivity contribution is 7.08. The summed E-state index contributed by atoms with van der Waals surface area (Å²) in [4.78, 5) is 10.9. The molecule has 0 aliphatic heterocycles. The third kappa shape index (κ3) is 1.83. The van der Waals surface area contributed by atoms with Gasteiger partial charge in [-0.25, -0.2) is 0 Å². The van der Waals surface area contributed by atoms with Crippen molar-refractivity contribution >= 4 is 17.6 Å². The van der Waals surface area contributed by atoms with Gasteiger partial charge in [0.15, 0.2) is 6.29 Å². The second kappa shape index (κ2) is 4.26. The van der Waals surface area contributed by atoms with E-state index >= 15 is 0 Å². The largest absolute Gasteiger partial charge is 0.344 e. The molecule has 3 heteroatoms. The van der Waals surface area contributed by atoms with Crippen molar-refractivity contribution in [2.24, 2.45) is 0 Å². The molecule has 0 fully saturated rings. The molecule has 0 atom stereocenters. The van der Waals surface area contributed by atoms with E-state index < -0.39 is 0 Å². The summed E-state index contributed by atoms with van der Waals surface area (Å²) >= 11 is 1.73. The Kier molecular flexibility index (Phi) is 2.97. The number of aldehydes is 1. The fraction of sp³-hybridized carbons (Fsp3) is 0.308. The molecule has 84 valence electrons. The standard InChI is InChI=1S/C13H15NOS/c1-9-7-16-8-13(9)5-14-10(2)4-12(6-15)11(14)3/h4,6-8H,5H2,1-3H3. The minimum Gasteiger partial charge on any atom is -0.344 e. The second-order valence-electron chi connectivity index (χ2n) is 4.11. The summed E-state index contributed by atoms with van der Waals surface area (Å²) in [6.45, 7) is 7.03. The van der Waals surface area contributed by atoms with Crippen LogP contribution in [0.5, 0.6) is 0 Å². The van der Waals surface area contributed by atoms with Crippen molar-refractivity contribution in [1.82, 2.24) is 4.57 Å². The lowest BCUT2D eigenvalue weighted by Gasteiger charge is -2.09. The predicted octanol–water partition coefficient (Wildman–Crippen LogP) is 3.34. The van der Waals surface area contributed by atoms with Gasteiger partial charge in [0.1, 0.15) is 0 Å². The normalized spacial score (nSPS) is 10.7. The van der Waals surface area contributed by atoms with Crippen molar-refractivity contribution in [3.05, 3.63) is 44.9 Å². The van der Waals surface area contributed by atoms with E-state index in [-0.39, 0.29) is 0 Å². The van der Waals surface area contributed by atoms with Crippen LogP contribution < -0.4 is 0 Å². The van der Waals surface area contributed by atoms with Crippen molar-refractivity contribution in [3.63, 3.8) is 0 Å². The first-order valence-corrected chi connectivity index (χ1v) is 6.21. The Hall–Kier alpha value is -1.35. The lowest BCUT2D eigenvalue weighted by molar-refractivity contribution is 0.112. The Bertz CT molecular complexity index is 522. The molecule has 0 aromatic carbocycles. The maximum absolute atomic E-state index is 10.9. The van der Waals surface area contributed by atoms with Gasteiger partial charge >= 0.3 is 0 Å². The van der Waals surface area contributed by atoms with Crippen LogP contribution in [0.25, 0.3) is 0 Å². The van der Waals surface area contributed by atoms with Gasteiger partial charge < -0.3 is 4.57 Å². The number of rotatable bonds is 3. The Balaban J connectivity index is 2.38. The molecule has 2 aromatic rings. The van der Waals surface area contributed by atoms with Crippen LogP contribution in [-0.4, -0.2) is 10.9 Å². The summed E-state index contributed by atoms with van der Waals surface area (Å²) in [7, 11) is 0. The van der Waals surface area contributed by atoms with Gasteiger partial charge in [0.2, 0.25) is 0 Å². The van der Waals surface area contributed by atoms with E-state index in [4.69, 9.17) is 0 Å². The number of carbonyl (C=O) groups is 1. The van der Waals surface area contributed by atoms with Crippen LogP contribution in [0.4, 0.5) is 0 Å². The summed E-state index contributed by atoms with van der Waals surface area (Å²) in [6.07, 6.45) is 0.930. The zero-order valence-electron chi connectivity index (χ0n) is 9.78. The highest BCUT2D eigenvalue weighted by Gasteiger charge is 2.09. The third-order valence-electron chi connectivity index (χ3n) is 3.03. The van der Waals surface area contributed by atoms with Crippen LogP contribution in [0.15, 0.2) is 16.8 Å². The molecule has 0 N–H and O–H groups in total. The molecule has 0 amide bonds. The molecule has 0 saturated heterocycles. The lowest BCUT2D eigenvalue weighted by Crippen LogP contribution is -2.04. The number of aryl methyl sites for hydroxylation is 2. The lowest BCUT2D eigenvalue weighted by atomic mass is 10.2. The first-order chi connectivity index (χ1) is 7.63. The minimum absolute atomic E-state index is 0.797. The van der Waals surface area contributed by atoms with Gasteiger partial charge in [-0.2, -0.15) is 11.3 Å². The highest BCUT2D eigenvalue weighted by atomic mass is 32.1. The molecular formula is C13H15NOS. The van der Waals surface area contributed by atoms with Crippen molar-refractivity contribution in [2.75, 3.05) is 0 Å². The van der Waals surface area contributed by atoms with E-state index in [0.717, 1.165) is 29.8 Å². The molecule has 0 aliphatic rings. The fourth-order valence-electron chi connectivity index (χ4n) is 1.91. The molecule has 16 heavy (non-hydrogen) atoms. The topological polar surface area (TPSA) is 22.0 Å². The Morgan fingerprint density at radius 3 is 2.56 bits per heavy atom. The van der Waals surface area contributed by atoms with E-state index in [2.05, 4.69) is 22.3 Å². The first kappa shape index (κ1) is 11.1. The monoisotopic (exact) mass is 233 g/mol. The summed E-state index contributed by atoms with van der Waals surface area (Å²) in [5.41, 5.74) is 5.66. The second-order valence-corrected chi connectivity index (χ2v) is 4.85. The SMILES string of the molecule is Cc1cscc1Cn1c(C)cc(C=O)c1C. The molecule has 2 aromatic heterocycles. The number of nitrogens with zero attached hydrogens (tertiary/aromatic N) is 1. The van der Waals surface area contributed by atoms with Crippen LogP contribution in [0, 0.1) is 20.8 Å². The smallest absolute Gasteiger partial charge is 0.151 e. The van der Waals surface area contributed by atoms with Gasteiger partial charge in [0.05, 0.1) is 0 Å². The van der Waals surface area contributed by atoms with Crippen LogP contribution >= 0.6 is 11.3 Å². The van der Waals surface area contributed by atoms with Crippen LogP contribution in [0.1, 0.15) is 32.9 Å². The van der Waals surface area contributed by atoms with E-state index in [1.54, 1.807) is 11.3 Å². The maximum atomic E-state index is 10.9. The summed E-state index contributed by atoms with van der Waals surface area (Å²) in [5, 5.41) is 4.33. The number of hydrogen-bond donors (Lipinski definition) is 0. The zero-order valence-corrected chi connectivity index (χ0v) is 10.6. The third-order valence-corrected chi connectivity index (χ3v) is 3.94. The molecule has 0 radical (unpaired) electrons. The van der Waals surface area contributed by atoms with E-state index in [1.165, 1.54) is 11.1 Å². The molecule has 0 spiro atoms. The van der Waals surface area contributed by atoms with Gasteiger partial charge in [-0.3, -0.25) is 4.79 Å². The van der Waals surface area contributed by atoms with Crippen LogP contribution in [0.3, 0.4) is 0 Å². The van der Waals surface area contributed by atoms with E-state index in [0.29, 0.717) is 0 Å². The minimum atomic E-state index is 0.797. The summed E-state index contributed by atoms with van der Waals surface area (Å²) in [6, 6.07) is 1.95. The summed E-state index contributed by atoms with van der Waals surface area (Å²) < 4.78 is 2.19. The van der Waals surface area contributed by atoms with Gasteiger partial charge in [0.25, 0.3) is 0 Å². The number of carbonyl (C=O) groups excluding carboxylic acids is 1. The van der Waals surface area contributed by atoms with Crippen molar-refractivity contribution < 1.29 is 4.79 Å². The fourth-order valence-corrected chi connectivity index (χ4v) is 2.76. The predicted molar refractivity (Wildman–Crippen MR) is 67.5 cm³/mol. The van der Waals surface area contributed by atoms with Crippen LogP contribution in [0.2, 0.25) is 0 Å². The van der Waals surface area contributed by atoms with Crippen molar-refractivity contribution in [1.29, 1.82) is 0 Å². The molecular weight excluding hydrogens is 218 g/mol. The molecule has 0 bridgehead atoms. The Labute approximate surface area is 99.5 Å².